The molecule has 0 amide bonds. The van der Waals surface area contributed by atoms with E-state index in [0.29, 0.717) is 17.2 Å². The van der Waals surface area contributed by atoms with E-state index in [2.05, 4.69) is 47.6 Å². The second-order valence-corrected chi connectivity index (χ2v) is 9.91. The molecule has 0 radical (unpaired) electrons. The fourth-order valence-corrected chi connectivity index (χ4v) is 3.75. The predicted molar refractivity (Wildman–Crippen MR) is 114 cm³/mol. The maximum atomic E-state index is 12.4. The van der Waals surface area contributed by atoms with Crippen LogP contribution in [0.4, 0.5) is 0 Å². The molecule has 0 aliphatic carbocycles. The van der Waals surface area contributed by atoms with Gasteiger partial charge in [0.15, 0.2) is 6.10 Å². The van der Waals surface area contributed by atoms with Gasteiger partial charge in [-0.3, -0.25) is 0 Å². The molecule has 0 saturated heterocycles. The summed E-state index contributed by atoms with van der Waals surface area (Å²) in [7, 11) is 0. The van der Waals surface area contributed by atoms with Gasteiger partial charge >= 0.3 is 5.97 Å². The van der Waals surface area contributed by atoms with Crippen molar-refractivity contribution >= 4 is 17.6 Å². The van der Waals surface area contributed by atoms with Crippen LogP contribution >= 0.6 is 11.6 Å². The normalized spacial score (nSPS) is 13.6. The van der Waals surface area contributed by atoms with Gasteiger partial charge in [-0.25, -0.2) is 4.79 Å². The number of unbranched alkanes of at least 4 members (excludes halogenated alkanes) is 1. The minimum Gasteiger partial charge on any atom is -0.477 e. The highest BCUT2D eigenvalue weighted by Gasteiger charge is 2.29. The van der Waals surface area contributed by atoms with Gasteiger partial charge in [-0.15, -0.1) is 0 Å². The third-order valence-corrected chi connectivity index (χ3v) is 4.68. The molecule has 0 spiro atoms. The maximum absolute atomic E-state index is 12.4. The summed E-state index contributed by atoms with van der Waals surface area (Å²) in [6.07, 6.45) is 2.75. The van der Waals surface area contributed by atoms with E-state index in [9.17, 15) is 4.79 Å². The van der Waals surface area contributed by atoms with Gasteiger partial charge in [0.2, 0.25) is 0 Å². The molecule has 0 saturated carbocycles. The first kappa shape index (κ1) is 23.8. The van der Waals surface area contributed by atoms with Crippen molar-refractivity contribution in [3.05, 3.63) is 28.8 Å². The zero-order chi connectivity index (χ0) is 20.8. The molecule has 0 N–H and O–H groups in total. The fraction of sp³-hybridized carbons (Fsp3) is 0.696. The molecule has 0 aliphatic heterocycles. The molecule has 1 aromatic rings. The molecule has 1 rings (SSSR count). The smallest absolute Gasteiger partial charge is 0.347 e. The van der Waals surface area contributed by atoms with Gasteiger partial charge in [-0.1, -0.05) is 65.6 Å². The Morgan fingerprint density at radius 2 is 1.78 bits per heavy atom. The van der Waals surface area contributed by atoms with Crippen LogP contribution in [-0.2, 0) is 14.9 Å². The van der Waals surface area contributed by atoms with Crippen molar-refractivity contribution in [3.63, 3.8) is 0 Å². The Morgan fingerprint density at radius 3 is 2.26 bits per heavy atom. The molecule has 1 atom stereocenters. The zero-order valence-corrected chi connectivity index (χ0v) is 19.1. The highest BCUT2D eigenvalue weighted by Crippen LogP contribution is 2.39. The number of carbonyl (C=O) groups is 1. The lowest BCUT2D eigenvalue weighted by atomic mass is 9.72. The Balaban J connectivity index is 3.00. The van der Waals surface area contributed by atoms with Crippen molar-refractivity contribution in [2.75, 3.05) is 0 Å². The van der Waals surface area contributed by atoms with Crippen molar-refractivity contribution in [1.29, 1.82) is 0 Å². The highest BCUT2D eigenvalue weighted by molar-refractivity contribution is 6.32. The first-order valence-corrected chi connectivity index (χ1v) is 10.4. The molecule has 154 valence electrons. The van der Waals surface area contributed by atoms with E-state index in [1.807, 2.05) is 26.0 Å². The number of esters is 1. The van der Waals surface area contributed by atoms with E-state index in [4.69, 9.17) is 21.1 Å². The molecular formula is C23H37ClO3. The van der Waals surface area contributed by atoms with Crippen molar-refractivity contribution in [1.82, 2.24) is 0 Å². The molecule has 4 heteroatoms. The Bertz CT molecular complexity index is 615. The number of ether oxygens (including phenoxy) is 2. The Morgan fingerprint density at radius 1 is 1.15 bits per heavy atom. The van der Waals surface area contributed by atoms with Gasteiger partial charge in [0.05, 0.1) is 11.1 Å². The molecule has 0 fully saturated rings. The molecule has 0 aliphatic rings. The topological polar surface area (TPSA) is 35.5 Å². The molecular weight excluding hydrogens is 360 g/mol. The monoisotopic (exact) mass is 396 g/mol. The summed E-state index contributed by atoms with van der Waals surface area (Å²) < 4.78 is 11.3. The zero-order valence-electron chi connectivity index (χ0n) is 18.3. The first-order chi connectivity index (χ1) is 12.4. The van der Waals surface area contributed by atoms with Crippen LogP contribution in [0.5, 0.6) is 5.75 Å². The lowest BCUT2D eigenvalue weighted by Crippen LogP contribution is -2.31. The van der Waals surface area contributed by atoms with E-state index in [-0.39, 0.29) is 22.9 Å². The van der Waals surface area contributed by atoms with Gasteiger partial charge in [0.25, 0.3) is 0 Å². The summed E-state index contributed by atoms with van der Waals surface area (Å²) >= 11 is 6.52. The van der Waals surface area contributed by atoms with Gasteiger partial charge in [-0.2, -0.15) is 0 Å². The standard InChI is InChI=1S/C23H37ClO3/c1-9-10-11-20(21(25)26-16(2)3)27-19-13-12-17(14-18(19)24)23(7,8)15-22(4,5)6/h12-14,16,20H,9-11,15H2,1-8H3. The van der Waals surface area contributed by atoms with E-state index in [1.54, 1.807) is 0 Å². The summed E-state index contributed by atoms with van der Waals surface area (Å²) in [4.78, 5) is 12.4. The lowest BCUT2D eigenvalue weighted by Gasteiger charge is -2.33. The van der Waals surface area contributed by atoms with Crippen LogP contribution in [0.2, 0.25) is 5.02 Å². The third-order valence-electron chi connectivity index (χ3n) is 4.39. The van der Waals surface area contributed by atoms with E-state index >= 15 is 0 Å². The Labute approximate surface area is 170 Å². The van der Waals surface area contributed by atoms with Gasteiger partial charge in [-0.05, 0) is 61.6 Å². The number of benzene rings is 1. The first-order valence-electron chi connectivity index (χ1n) is 10.0. The van der Waals surface area contributed by atoms with E-state index in [0.717, 1.165) is 19.3 Å². The Kier molecular flexibility index (Phi) is 8.66. The quantitative estimate of drug-likeness (QED) is 0.424. The van der Waals surface area contributed by atoms with Crippen molar-refractivity contribution in [3.8, 4) is 5.75 Å². The van der Waals surface area contributed by atoms with Gasteiger partial charge < -0.3 is 9.47 Å². The molecule has 0 aromatic heterocycles. The van der Waals surface area contributed by atoms with Crippen molar-refractivity contribution < 1.29 is 14.3 Å². The summed E-state index contributed by atoms with van der Waals surface area (Å²) in [5.74, 6) is 0.209. The summed E-state index contributed by atoms with van der Waals surface area (Å²) in [6, 6.07) is 5.90. The average molecular weight is 397 g/mol. The molecule has 1 unspecified atom stereocenters. The van der Waals surface area contributed by atoms with Crippen LogP contribution in [-0.4, -0.2) is 18.2 Å². The second-order valence-electron chi connectivity index (χ2n) is 9.50. The minimum atomic E-state index is -0.627. The van der Waals surface area contributed by atoms with Crippen LogP contribution in [0, 0.1) is 5.41 Å². The van der Waals surface area contributed by atoms with Crippen LogP contribution < -0.4 is 4.74 Å². The molecule has 0 bridgehead atoms. The summed E-state index contributed by atoms with van der Waals surface area (Å²) in [5, 5.41) is 0.535. The number of hydrogen-bond donors (Lipinski definition) is 0. The van der Waals surface area contributed by atoms with E-state index < -0.39 is 6.10 Å². The van der Waals surface area contributed by atoms with Crippen LogP contribution in [0.15, 0.2) is 18.2 Å². The second kappa shape index (κ2) is 9.82. The van der Waals surface area contributed by atoms with Gasteiger partial charge in [0, 0.05) is 0 Å². The molecule has 1 aromatic carbocycles. The number of hydrogen-bond acceptors (Lipinski definition) is 3. The third kappa shape index (κ3) is 8.13. The number of carbonyl (C=O) groups excluding carboxylic acids is 1. The van der Waals surface area contributed by atoms with Crippen LogP contribution in [0.1, 0.15) is 86.6 Å². The predicted octanol–water partition coefficient (Wildman–Crippen LogP) is 6.94. The highest BCUT2D eigenvalue weighted by atomic mass is 35.5. The summed E-state index contributed by atoms with van der Waals surface area (Å²) in [5.41, 5.74) is 1.39. The number of rotatable bonds is 9. The van der Waals surface area contributed by atoms with E-state index in [1.165, 1.54) is 5.56 Å². The number of halogens is 1. The largest absolute Gasteiger partial charge is 0.477 e. The SMILES string of the molecule is CCCCC(Oc1ccc(C(C)(C)CC(C)(C)C)cc1Cl)C(=O)OC(C)C. The molecule has 27 heavy (non-hydrogen) atoms. The lowest BCUT2D eigenvalue weighted by molar-refractivity contribution is -0.156. The van der Waals surface area contributed by atoms with Crippen molar-refractivity contribution in [2.24, 2.45) is 5.41 Å². The molecule has 3 nitrogen and oxygen atoms in total. The van der Waals surface area contributed by atoms with Crippen LogP contribution in [0.25, 0.3) is 0 Å². The molecule has 0 heterocycles. The van der Waals surface area contributed by atoms with Crippen molar-refractivity contribution in [2.45, 2.75) is 98.7 Å². The fourth-order valence-electron chi connectivity index (χ4n) is 3.52. The minimum absolute atomic E-state index is 0.00138. The van der Waals surface area contributed by atoms with Gasteiger partial charge in [0.1, 0.15) is 5.75 Å². The maximum Gasteiger partial charge on any atom is 0.347 e. The summed E-state index contributed by atoms with van der Waals surface area (Å²) in [6.45, 7) is 17.0. The Hall–Kier alpha value is -1.22. The average Bonchev–Trinajstić information content (AvgIpc) is 2.49. The van der Waals surface area contributed by atoms with Crippen LogP contribution in [0.3, 0.4) is 0 Å².